The van der Waals surface area contributed by atoms with E-state index in [9.17, 15) is 4.79 Å². The summed E-state index contributed by atoms with van der Waals surface area (Å²) in [6.07, 6.45) is 1.00. The van der Waals surface area contributed by atoms with Gasteiger partial charge in [-0.1, -0.05) is 56.0 Å². The Morgan fingerprint density at radius 2 is 1.74 bits per heavy atom. The van der Waals surface area contributed by atoms with Crippen LogP contribution in [-0.4, -0.2) is 12.5 Å². The molecule has 0 saturated heterocycles. The van der Waals surface area contributed by atoms with Crippen LogP contribution in [-0.2, 0) is 11.2 Å². The second kappa shape index (κ2) is 8.03. The van der Waals surface area contributed by atoms with Gasteiger partial charge in [-0.3, -0.25) is 15.6 Å². The van der Waals surface area contributed by atoms with Gasteiger partial charge >= 0.3 is 0 Å². The van der Waals surface area contributed by atoms with Crippen LogP contribution in [0.15, 0.2) is 55.1 Å². The average molecular weight is 309 g/mol. The van der Waals surface area contributed by atoms with Crippen LogP contribution < -0.4 is 16.2 Å². The zero-order valence-electron chi connectivity index (χ0n) is 13.6. The number of amides is 1. The summed E-state index contributed by atoms with van der Waals surface area (Å²) in [7, 11) is 0. The Bertz CT molecular complexity index is 677. The predicted molar refractivity (Wildman–Crippen MR) is 95.8 cm³/mol. The molecule has 0 radical (unpaired) electrons. The molecule has 0 saturated carbocycles. The van der Waals surface area contributed by atoms with Crippen LogP contribution in [0.2, 0.25) is 0 Å². The second-order valence-corrected chi connectivity index (χ2v) is 5.37. The Labute approximate surface area is 137 Å². The van der Waals surface area contributed by atoms with Crippen molar-refractivity contribution < 1.29 is 4.79 Å². The predicted octanol–water partition coefficient (Wildman–Crippen LogP) is 3.26. The summed E-state index contributed by atoms with van der Waals surface area (Å²) in [5, 5.41) is 3.11. The first-order valence-electron chi connectivity index (χ1n) is 7.72. The molecule has 1 amide bonds. The molecule has 2 rings (SSSR count). The minimum Gasteiger partial charge on any atom is -0.376 e. The maximum absolute atomic E-state index is 11.9. The van der Waals surface area contributed by atoms with Gasteiger partial charge in [-0.05, 0) is 36.1 Å². The fourth-order valence-corrected chi connectivity index (χ4v) is 2.15. The molecule has 23 heavy (non-hydrogen) atoms. The van der Waals surface area contributed by atoms with Gasteiger partial charge in [-0.15, -0.1) is 0 Å². The molecule has 0 bridgehead atoms. The van der Waals surface area contributed by atoms with Crippen molar-refractivity contribution in [3.63, 3.8) is 0 Å². The summed E-state index contributed by atoms with van der Waals surface area (Å²) in [5.74, 6) is -0.153. The van der Waals surface area contributed by atoms with Crippen molar-refractivity contribution >= 4 is 17.3 Å². The van der Waals surface area contributed by atoms with E-state index in [4.69, 9.17) is 0 Å². The van der Waals surface area contributed by atoms with Crippen molar-refractivity contribution in [1.82, 2.24) is 10.9 Å². The molecule has 0 aliphatic heterocycles. The average Bonchev–Trinajstić information content (AvgIpc) is 2.59. The number of anilines is 1. The SMILES string of the molecule is C=C(NNC(=O)CNc1ccccc1C)c1ccc(CC)cc1. The molecule has 0 atom stereocenters. The topological polar surface area (TPSA) is 53.2 Å². The lowest BCUT2D eigenvalue weighted by Gasteiger charge is -2.13. The van der Waals surface area contributed by atoms with Crippen LogP contribution in [0.3, 0.4) is 0 Å². The van der Waals surface area contributed by atoms with E-state index >= 15 is 0 Å². The largest absolute Gasteiger partial charge is 0.376 e. The van der Waals surface area contributed by atoms with Crippen molar-refractivity contribution in [1.29, 1.82) is 0 Å². The van der Waals surface area contributed by atoms with Gasteiger partial charge in [0.1, 0.15) is 0 Å². The molecule has 4 heteroatoms. The zero-order valence-corrected chi connectivity index (χ0v) is 13.6. The van der Waals surface area contributed by atoms with Gasteiger partial charge in [0.15, 0.2) is 0 Å². The maximum atomic E-state index is 11.9. The van der Waals surface area contributed by atoms with E-state index in [1.165, 1.54) is 5.56 Å². The fraction of sp³-hybridized carbons (Fsp3) is 0.211. The molecule has 3 N–H and O–H groups in total. The Hall–Kier alpha value is -2.75. The maximum Gasteiger partial charge on any atom is 0.257 e. The van der Waals surface area contributed by atoms with Gasteiger partial charge in [-0.25, -0.2) is 0 Å². The van der Waals surface area contributed by atoms with Crippen molar-refractivity contribution in [2.45, 2.75) is 20.3 Å². The number of rotatable bonds is 7. The molecule has 0 aliphatic rings. The van der Waals surface area contributed by atoms with Crippen molar-refractivity contribution in [3.8, 4) is 0 Å². The quantitative estimate of drug-likeness (QED) is 0.688. The van der Waals surface area contributed by atoms with E-state index in [0.717, 1.165) is 23.2 Å². The number of nitrogens with one attached hydrogen (secondary N) is 3. The van der Waals surface area contributed by atoms with E-state index in [1.807, 2.05) is 43.3 Å². The normalized spacial score (nSPS) is 10.0. The minimum absolute atomic E-state index is 0.153. The molecule has 0 aromatic heterocycles. The van der Waals surface area contributed by atoms with Crippen LogP contribution in [0.25, 0.3) is 5.70 Å². The molecule has 0 fully saturated rings. The third-order valence-corrected chi connectivity index (χ3v) is 3.65. The fourth-order valence-electron chi connectivity index (χ4n) is 2.15. The van der Waals surface area contributed by atoms with Gasteiger partial charge < -0.3 is 5.32 Å². The van der Waals surface area contributed by atoms with Gasteiger partial charge in [0, 0.05) is 5.69 Å². The lowest BCUT2D eigenvalue weighted by molar-refractivity contribution is -0.120. The van der Waals surface area contributed by atoms with E-state index in [2.05, 4.69) is 41.8 Å². The molecule has 2 aromatic carbocycles. The van der Waals surface area contributed by atoms with Crippen molar-refractivity contribution in [2.75, 3.05) is 11.9 Å². The molecule has 0 heterocycles. The Morgan fingerprint density at radius 3 is 2.39 bits per heavy atom. The summed E-state index contributed by atoms with van der Waals surface area (Å²) in [6, 6.07) is 16.0. The van der Waals surface area contributed by atoms with E-state index in [-0.39, 0.29) is 12.5 Å². The number of carbonyl (C=O) groups excluding carboxylic acids is 1. The van der Waals surface area contributed by atoms with Gasteiger partial charge in [-0.2, -0.15) is 0 Å². The molecule has 2 aromatic rings. The van der Waals surface area contributed by atoms with Crippen LogP contribution in [0, 0.1) is 6.92 Å². The van der Waals surface area contributed by atoms with Gasteiger partial charge in [0.25, 0.3) is 5.91 Å². The van der Waals surface area contributed by atoms with Crippen molar-refractivity contribution in [2.24, 2.45) is 0 Å². The van der Waals surface area contributed by atoms with Crippen LogP contribution in [0.5, 0.6) is 0 Å². The monoisotopic (exact) mass is 309 g/mol. The number of hydrogen-bond donors (Lipinski definition) is 3. The third kappa shape index (κ3) is 4.88. The molecular weight excluding hydrogens is 286 g/mol. The number of benzene rings is 2. The molecular formula is C19H23N3O. The lowest BCUT2D eigenvalue weighted by Crippen LogP contribution is -2.39. The first-order chi connectivity index (χ1) is 11.1. The summed E-state index contributed by atoms with van der Waals surface area (Å²) in [6.45, 7) is 8.25. The number of hydrogen-bond acceptors (Lipinski definition) is 3. The minimum atomic E-state index is -0.153. The van der Waals surface area contributed by atoms with E-state index < -0.39 is 0 Å². The number of carbonyl (C=O) groups is 1. The molecule has 0 spiro atoms. The third-order valence-electron chi connectivity index (χ3n) is 3.65. The van der Waals surface area contributed by atoms with E-state index in [1.54, 1.807) is 0 Å². The number of para-hydroxylation sites is 1. The Kier molecular flexibility index (Phi) is 5.80. The standard InChI is InChI=1S/C19H23N3O/c1-4-16-9-11-17(12-10-16)15(3)21-22-19(23)13-20-18-8-6-5-7-14(18)2/h5-12,20-21H,3-4,13H2,1-2H3,(H,22,23). The summed E-state index contributed by atoms with van der Waals surface area (Å²) >= 11 is 0. The molecule has 0 aliphatic carbocycles. The lowest BCUT2D eigenvalue weighted by atomic mass is 10.1. The van der Waals surface area contributed by atoms with E-state index in [0.29, 0.717) is 5.70 Å². The highest BCUT2D eigenvalue weighted by molar-refractivity contribution is 5.81. The van der Waals surface area contributed by atoms with Gasteiger partial charge in [0.05, 0.1) is 12.2 Å². The first-order valence-corrected chi connectivity index (χ1v) is 7.72. The number of aryl methyl sites for hydroxylation is 2. The van der Waals surface area contributed by atoms with Gasteiger partial charge in [0.2, 0.25) is 0 Å². The Morgan fingerprint density at radius 1 is 1.04 bits per heavy atom. The first kappa shape index (κ1) is 16.6. The second-order valence-electron chi connectivity index (χ2n) is 5.37. The highest BCUT2D eigenvalue weighted by Crippen LogP contribution is 2.12. The number of hydrazine groups is 1. The van der Waals surface area contributed by atoms with Crippen LogP contribution in [0.1, 0.15) is 23.6 Å². The van der Waals surface area contributed by atoms with Crippen LogP contribution >= 0.6 is 0 Å². The zero-order chi connectivity index (χ0) is 16.7. The highest BCUT2D eigenvalue weighted by Gasteiger charge is 2.04. The summed E-state index contributed by atoms with van der Waals surface area (Å²) < 4.78 is 0. The van der Waals surface area contributed by atoms with Crippen LogP contribution in [0.4, 0.5) is 5.69 Å². The summed E-state index contributed by atoms with van der Waals surface area (Å²) in [5.41, 5.74) is 10.4. The summed E-state index contributed by atoms with van der Waals surface area (Å²) in [4.78, 5) is 11.9. The highest BCUT2D eigenvalue weighted by atomic mass is 16.2. The van der Waals surface area contributed by atoms with Crippen molar-refractivity contribution in [3.05, 3.63) is 71.8 Å². The Balaban J connectivity index is 1.79. The molecule has 120 valence electrons. The molecule has 4 nitrogen and oxygen atoms in total. The molecule has 0 unspecified atom stereocenters. The smallest absolute Gasteiger partial charge is 0.257 e.